The van der Waals surface area contributed by atoms with Gasteiger partial charge in [-0.05, 0) is 30.5 Å². The second-order valence-corrected chi connectivity index (χ2v) is 7.73. The van der Waals surface area contributed by atoms with Crippen molar-refractivity contribution in [3.05, 3.63) is 53.1 Å². The number of carbonyl (C=O) groups is 1. The number of hydrogen-bond acceptors (Lipinski definition) is 7. The highest BCUT2D eigenvalue weighted by Crippen LogP contribution is 2.65. The number of ketones is 1. The van der Waals surface area contributed by atoms with E-state index in [4.69, 9.17) is 15.2 Å². The molecular weight excluding hydrogens is 382 g/mol. The number of Topliss-reactive ketones (excluding diaryl/α,β-unsaturated/α-hetero) is 1. The third-order valence-electron chi connectivity index (χ3n) is 6.00. The van der Waals surface area contributed by atoms with Crippen molar-refractivity contribution in [2.75, 3.05) is 13.2 Å². The molecule has 3 heterocycles. The number of rotatable bonds is 4. The molecule has 2 aromatic rings. The van der Waals surface area contributed by atoms with Gasteiger partial charge in [-0.15, -0.1) is 0 Å². The Morgan fingerprint density at radius 1 is 1.17 bits per heavy atom. The lowest BCUT2D eigenvalue weighted by Crippen LogP contribution is -2.44. The van der Waals surface area contributed by atoms with E-state index in [0.29, 0.717) is 19.0 Å². The van der Waals surface area contributed by atoms with Crippen molar-refractivity contribution in [1.29, 1.82) is 0 Å². The van der Waals surface area contributed by atoms with Gasteiger partial charge in [0.05, 0.1) is 19.0 Å². The minimum Gasteiger partial charge on any atom is -0.493 e. The molecule has 2 spiro atoms. The van der Waals surface area contributed by atoms with Gasteiger partial charge >= 0.3 is 0 Å². The molecule has 1 unspecified atom stereocenters. The molecule has 150 valence electrons. The quantitative estimate of drug-likeness (QED) is 0.792. The average Bonchev–Trinajstić information content (AvgIpc) is 3.41. The van der Waals surface area contributed by atoms with E-state index in [1.165, 1.54) is 0 Å². The molecule has 7 nitrogen and oxygen atoms in total. The molecule has 5 rings (SSSR count). The summed E-state index contributed by atoms with van der Waals surface area (Å²) >= 11 is 0. The van der Waals surface area contributed by atoms with Crippen molar-refractivity contribution >= 4 is 11.8 Å². The fourth-order valence-electron chi connectivity index (χ4n) is 4.18. The van der Waals surface area contributed by atoms with Crippen molar-refractivity contribution in [2.24, 2.45) is 16.1 Å². The molecule has 2 N–H and O–H groups in total. The largest absolute Gasteiger partial charge is 0.493 e. The summed E-state index contributed by atoms with van der Waals surface area (Å²) in [4.78, 5) is 24.7. The van der Waals surface area contributed by atoms with Crippen LogP contribution in [0.5, 0.6) is 5.75 Å². The number of hydrogen-bond donors (Lipinski definition) is 1. The Labute approximate surface area is 165 Å². The molecule has 1 fully saturated rings. The lowest BCUT2D eigenvalue weighted by molar-refractivity contribution is 0.0869. The minimum absolute atomic E-state index is 0.0446. The summed E-state index contributed by atoms with van der Waals surface area (Å²) in [7, 11) is 0. The van der Waals surface area contributed by atoms with E-state index < -0.39 is 17.7 Å². The van der Waals surface area contributed by atoms with E-state index in [1.54, 1.807) is 6.07 Å². The van der Waals surface area contributed by atoms with Gasteiger partial charge < -0.3 is 15.2 Å². The molecule has 29 heavy (non-hydrogen) atoms. The Bertz CT molecular complexity index is 1020. The summed E-state index contributed by atoms with van der Waals surface area (Å²) in [6.45, 7) is 0.914. The highest BCUT2D eigenvalue weighted by molar-refractivity contribution is 5.95. The maximum absolute atomic E-state index is 12.6. The summed E-state index contributed by atoms with van der Waals surface area (Å²) in [6, 6.07) is 5.70. The third kappa shape index (κ3) is 2.75. The SMILES string of the molecule is NC1=NC2(CO1)c1cc(CC(=O)c3cnc(C(F)F)cn3)ccc1OCC21CC1. The normalized spacial score (nSPS) is 23.5. The van der Waals surface area contributed by atoms with Gasteiger partial charge in [0.1, 0.15) is 29.3 Å². The van der Waals surface area contributed by atoms with E-state index in [2.05, 4.69) is 15.0 Å². The van der Waals surface area contributed by atoms with Crippen LogP contribution in [0.3, 0.4) is 0 Å². The molecule has 1 aromatic carbocycles. The first-order valence-electron chi connectivity index (χ1n) is 9.30. The monoisotopic (exact) mass is 400 g/mol. The van der Waals surface area contributed by atoms with Crippen LogP contribution in [0.2, 0.25) is 0 Å². The molecule has 0 radical (unpaired) electrons. The number of nitrogens with two attached hydrogens (primary N) is 1. The van der Waals surface area contributed by atoms with Crippen molar-refractivity contribution in [3.63, 3.8) is 0 Å². The first-order chi connectivity index (χ1) is 13.9. The lowest BCUT2D eigenvalue weighted by atomic mass is 9.74. The van der Waals surface area contributed by atoms with Crippen molar-refractivity contribution in [3.8, 4) is 5.75 Å². The number of benzene rings is 1. The molecule has 2 aliphatic heterocycles. The molecule has 0 bridgehead atoms. The molecule has 1 atom stereocenters. The van der Waals surface area contributed by atoms with Crippen LogP contribution in [0.25, 0.3) is 0 Å². The van der Waals surface area contributed by atoms with E-state index in [9.17, 15) is 13.6 Å². The Hall–Kier alpha value is -3.10. The summed E-state index contributed by atoms with van der Waals surface area (Å²) in [5, 5.41) is 0. The van der Waals surface area contributed by atoms with Crippen LogP contribution in [-0.2, 0) is 16.7 Å². The van der Waals surface area contributed by atoms with Crippen LogP contribution in [-0.4, -0.2) is 35.0 Å². The number of ether oxygens (including phenoxy) is 2. The number of fused-ring (bicyclic) bond motifs is 3. The number of aromatic nitrogens is 2. The van der Waals surface area contributed by atoms with E-state index >= 15 is 0 Å². The zero-order valence-corrected chi connectivity index (χ0v) is 15.4. The van der Waals surface area contributed by atoms with Crippen molar-refractivity contribution in [1.82, 2.24) is 9.97 Å². The van der Waals surface area contributed by atoms with Crippen LogP contribution in [0.4, 0.5) is 8.78 Å². The Morgan fingerprint density at radius 3 is 2.62 bits per heavy atom. The van der Waals surface area contributed by atoms with Crippen LogP contribution in [0, 0.1) is 5.41 Å². The molecule has 3 aliphatic rings. The fourth-order valence-corrected chi connectivity index (χ4v) is 4.18. The van der Waals surface area contributed by atoms with E-state index in [-0.39, 0.29) is 29.3 Å². The first-order valence-corrected chi connectivity index (χ1v) is 9.30. The second kappa shape index (κ2) is 6.20. The van der Waals surface area contributed by atoms with Crippen molar-refractivity contribution < 1.29 is 23.0 Å². The minimum atomic E-state index is -2.72. The molecule has 0 saturated heterocycles. The predicted octanol–water partition coefficient (Wildman–Crippen LogP) is 2.55. The van der Waals surface area contributed by atoms with Crippen LogP contribution in [0.15, 0.2) is 35.6 Å². The smallest absolute Gasteiger partial charge is 0.283 e. The average molecular weight is 400 g/mol. The molecule has 0 amide bonds. The molecule has 9 heteroatoms. The van der Waals surface area contributed by atoms with Crippen LogP contribution < -0.4 is 10.5 Å². The van der Waals surface area contributed by atoms with E-state index in [0.717, 1.165) is 36.4 Å². The van der Waals surface area contributed by atoms with Gasteiger partial charge in [-0.3, -0.25) is 9.78 Å². The molecule has 1 aromatic heterocycles. The Kier molecular flexibility index (Phi) is 3.84. The number of carbonyl (C=O) groups excluding carboxylic acids is 1. The summed E-state index contributed by atoms with van der Waals surface area (Å²) in [6.07, 6.45) is 1.29. The van der Waals surface area contributed by atoms with Gasteiger partial charge in [0.2, 0.25) is 0 Å². The number of halogens is 2. The first kappa shape index (κ1) is 18.0. The Balaban J connectivity index is 1.45. The van der Waals surface area contributed by atoms with Gasteiger partial charge in [0.15, 0.2) is 5.78 Å². The topological polar surface area (TPSA) is 99.7 Å². The second-order valence-electron chi connectivity index (χ2n) is 7.73. The summed E-state index contributed by atoms with van der Waals surface area (Å²) in [5.41, 5.74) is 6.32. The predicted molar refractivity (Wildman–Crippen MR) is 97.9 cm³/mol. The van der Waals surface area contributed by atoms with Crippen LogP contribution in [0.1, 0.15) is 46.6 Å². The molecule has 1 aliphatic carbocycles. The maximum Gasteiger partial charge on any atom is 0.283 e. The number of aliphatic imine (C=N–C) groups is 1. The highest BCUT2D eigenvalue weighted by atomic mass is 19.3. The maximum atomic E-state index is 12.6. The molecule has 1 saturated carbocycles. The zero-order chi connectivity index (χ0) is 20.2. The van der Waals surface area contributed by atoms with Gasteiger partial charge in [-0.25, -0.2) is 18.8 Å². The summed E-state index contributed by atoms with van der Waals surface area (Å²) < 4.78 is 36.7. The van der Waals surface area contributed by atoms with Gasteiger partial charge in [0, 0.05) is 17.4 Å². The standard InChI is InChI=1S/C20H18F2N4O3/c21-17(22)14-8-24-13(7-25-14)15(27)6-11-1-2-16-12(5-11)20(10-29-18(23)26-20)19(3-4-19)9-28-16/h1-2,5,7-8,17H,3-4,6,9-10H2,(H2,23,26). The lowest BCUT2D eigenvalue weighted by Gasteiger charge is -2.39. The highest BCUT2D eigenvalue weighted by Gasteiger charge is 2.66. The molecular formula is C20H18F2N4O3. The number of nitrogens with zero attached hydrogens (tertiary/aromatic N) is 3. The third-order valence-corrected chi connectivity index (χ3v) is 6.00. The van der Waals surface area contributed by atoms with E-state index in [1.807, 2.05) is 12.1 Å². The zero-order valence-electron chi connectivity index (χ0n) is 15.4. The van der Waals surface area contributed by atoms with Gasteiger partial charge in [0.25, 0.3) is 12.4 Å². The number of alkyl halides is 2. The van der Waals surface area contributed by atoms with Crippen LogP contribution >= 0.6 is 0 Å². The van der Waals surface area contributed by atoms with Gasteiger partial charge in [-0.1, -0.05) is 6.07 Å². The van der Waals surface area contributed by atoms with Gasteiger partial charge in [-0.2, -0.15) is 0 Å². The summed E-state index contributed by atoms with van der Waals surface area (Å²) in [5.74, 6) is 0.401. The van der Waals surface area contributed by atoms with Crippen molar-refractivity contribution in [2.45, 2.75) is 31.2 Å². The Morgan fingerprint density at radius 2 is 2.00 bits per heavy atom. The fraction of sp³-hybridized carbons (Fsp3) is 0.400. The number of amidine groups is 1.